The lowest BCUT2D eigenvalue weighted by Gasteiger charge is -2.43. The Kier molecular flexibility index (Phi) is 2.74. The fraction of sp³-hybridized carbons (Fsp3) is 0.688. The minimum Gasteiger partial charge on any atom is -0.309 e. The molecule has 0 aromatic carbocycles. The highest BCUT2D eigenvalue weighted by Gasteiger charge is 2.58. The highest BCUT2D eigenvalue weighted by atomic mass is 15.0. The van der Waals surface area contributed by atoms with E-state index < -0.39 is 0 Å². The summed E-state index contributed by atoms with van der Waals surface area (Å²) in [4.78, 5) is 4.19. The van der Waals surface area contributed by atoms with Gasteiger partial charge in [-0.2, -0.15) is 0 Å². The summed E-state index contributed by atoms with van der Waals surface area (Å²) in [7, 11) is 0. The van der Waals surface area contributed by atoms with Crippen molar-refractivity contribution < 1.29 is 0 Å². The van der Waals surface area contributed by atoms with Gasteiger partial charge in [0, 0.05) is 25.0 Å². The smallest absolute Gasteiger partial charge is 0.0312 e. The summed E-state index contributed by atoms with van der Waals surface area (Å²) in [6.45, 7) is 8.32. The van der Waals surface area contributed by atoms with Crippen LogP contribution >= 0.6 is 0 Å². The zero-order valence-corrected chi connectivity index (χ0v) is 11.7. The Morgan fingerprint density at radius 3 is 2.83 bits per heavy atom. The van der Waals surface area contributed by atoms with Crippen molar-refractivity contribution in [2.24, 2.45) is 16.7 Å². The van der Waals surface area contributed by atoms with Gasteiger partial charge < -0.3 is 5.32 Å². The first kappa shape index (κ1) is 12.2. The van der Waals surface area contributed by atoms with Crippen LogP contribution in [0.15, 0.2) is 24.5 Å². The largest absolute Gasteiger partial charge is 0.309 e. The van der Waals surface area contributed by atoms with E-state index in [2.05, 4.69) is 37.1 Å². The fourth-order valence-corrected chi connectivity index (χ4v) is 4.53. The van der Waals surface area contributed by atoms with Crippen molar-refractivity contribution in [2.75, 3.05) is 0 Å². The molecule has 2 saturated carbocycles. The molecule has 2 bridgehead atoms. The molecule has 98 valence electrons. The molecular weight excluding hydrogens is 220 g/mol. The molecule has 2 heteroatoms. The standard InChI is InChI=1S/C16H24N2/c1-15(2)13-6-7-16(3,9-13)14(15)18-11-12-5-4-8-17-10-12/h4-5,8,10,13-14,18H,6-7,9,11H2,1-3H3/t13-,14+,16+/m1/s1. The van der Waals surface area contributed by atoms with Gasteiger partial charge in [0.2, 0.25) is 0 Å². The van der Waals surface area contributed by atoms with Crippen molar-refractivity contribution in [1.82, 2.24) is 10.3 Å². The van der Waals surface area contributed by atoms with Crippen molar-refractivity contribution in [1.29, 1.82) is 0 Å². The third kappa shape index (κ3) is 1.78. The van der Waals surface area contributed by atoms with Crippen LogP contribution < -0.4 is 5.32 Å². The zero-order valence-electron chi connectivity index (χ0n) is 11.7. The second-order valence-corrected chi connectivity index (χ2v) is 7.09. The van der Waals surface area contributed by atoms with Gasteiger partial charge in [-0.15, -0.1) is 0 Å². The Balaban J connectivity index is 1.73. The Morgan fingerprint density at radius 1 is 1.39 bits per heavy atom. The summed E-state index contributed by atoms with van der Waals surface area (Å²) in [5.41, 5.74) is 2.24. The molecule has 2 nitrogen and oxygen atoms in total. The lowest BCUT2D eigenvalue weighted by molar-refractivity contribution is 0.108. The van der Waals surface area contributed by atoms with E-state index in [0.717, 1.165) is 12.5 Å². The summed E-state index contributed by atoms with van der Waals surface area (Å²) in [5.74, 6) is 0.911. The van der Waals surface area contributed by atoms with Gasteiger partial charge in [-0.25, -0.2) is 0 Å². The summed E-state index contributed by atoms with van der Waals surface area (Å²) >= 11 is 0. The fourth-order valence-electron chi connectivity index (χ4n) is 4.53. The van der Waals surface area contributed by atoms with E-state index in [1.54, 1.807) is 0 Å². The number of pyridine rings is 1. The number of hydrogen-bond donors (Lipinski definition) is 1. The molecule has 0 unspecified atom stereocenters. The van der Waals surface area contributed by atoms with Crippen LogP contribution in [0.2, 0.25) is 0 Å². The second-order valence-electron chi connectivity index (χ2n) is 7.09. The Morgan fingerprint density at radius 2 is 2.22 bits per heavy atom. The highest BCUT2D eigenvalue weighted by Crippen LogP contribution is 2.62. The predicted octanol–water partition coefficient (Wildman–Crippen LogP) is 3.39. The molecule has 2 aliphatic rings. The number of fused-ring (bicyclic) bond motifs is 2. The van der Waals surface area contributed by atoms with Crippen LogP contribution in [0.4, 0.5) is 0 Å². The second kappa shape index (κ2) is 4.06. The number of aromatic nitrogens is 1. The van der Waals surface area contributed by atoms with E-state index in [9.17, 15) is 0 Å². The van der Waals surface area contributed by atoms with Crippen LogP contribution in [-0.2, 0) is 6.54 Å². The molecule has 3 rings (SSSR count). The average molecular weight is 244 g/mol. The van der Waals surface area contributed by atoms with Crippen LogP contribution in [-0.4, -0.2) is 11.0 Å². The minimum absolute atomic E-state index is 0.440. The van der Waals surface area contributed by atoms with E-state index >= 15 is 0 Å². The van der Waals surface area contributed by atoms with Gasteiger partial charge >= 0.3 is 0 Å². The molecule has 2 fully saturated rings. The lowest BCUT2D eigenvalue weighted by atomic mass is 9.68. The van der Waals surface area contributed by atoms with Gasteiger partial charge in [0.15, 0.2) is 0 Å². The van der Waals surface area contributed by atoms with Crippen LogP contribution in [0.5, 0.6) is 0 Å². The van der Waals surface area contributed by atoms with E-state index in [0.29, 0.717) is 16.9 Å². The number of rotatable bonds is 3. The normalized spacial score (nSPS) is 37.1. The molecule has 18 heavy (non-hydrogen) atoms. The molecule has 3 atom stereocenters. The molecule has 0 amide bonds. The van der Waals surface area contributed by atoms with Gasteiger partial charge in [0.05, 0.1) is 0 Å². The lowest BCUT2D eigenvalue weighted by Crippen LogP contribution is -2.49. The SMILES string of the molecule is CC1(C)[C@@H]2CC[C@@](C)(C2)[C@H]1NCc1cccnc1. The topological polar surface area (TPSA) is 24.9 Å². The number of nitrogens with zero attached hydrogens (tertiary/aromatic N) is 1. The number of nitrogens with one attached hydrogen (secondary N) is 1. The van der Waals surface area contributed by atoms with Gasteiger partial charge in [-0.05, 0) is 47.6 Å². The first-order chi connectivity index (χ1) is 8.52. The van der Waals surface area contributed by atoms with Crippen LogP contribution in [0.25, 0.3) is 0 Å². The minimum atomic E-state index is 0.440. The van der Waals surface area contributed by atoms with E-state index in [1.807, 2.05) is 18.5 Å². The molecule has 2 aliphatic carbocycles. The number of hydrogen-bond acceptors (Lipinski definition) is 2. The van der Waals surface area contributed by atoms with Gasteiger partial charge in [-0.3, -0.25) is 4.98 Å². The van der Waals surface area contributed by atoms with Crippen molar-refractivity contribution in [3.63, 3.8) is 0 Å². The quantitative estimate of drug-likeness (QED) is 0.881. The van der Waals surface area contributed by atoms with Crippen molar-refractivity contribution >= 4 is 0 Å². The van der Waals surface area contributed by atoms with E-state index in [-0.39, 0.29) is 0 Å². The first-order valence-electron chi connectivity index (χ1n) is 7.15. The average Bonchev–Trinajstić information content (AvgIpc) is 2.81. The van der Waals surface area contributed by atoms with Crippen LogP contribution in [0.3, 0.4) is 0 Å². The molecule has 0 spiro atoms. The maximum absolute atomic E-state index is 4.19. The van der Waals surface area contributed by atoms with Gasteiger partial charge in [-0.1, -0.05) is 26.8 Å². The van der Waals surface area contributed by atoms with Crippen LogP contribution in [0.1, 0.15) is 45.6 Å². The Hall–Kier alpha value is -0.890. The Labute approximate surface area is 110 Å². The zero-order chi connectivity index (χ0) is 12.8. The molecule has 1 N–H and O–H groups in total. The molecule has 0 radical (unpaired) electrons. The molecule has 0 saturated heterocycles. The van der Waals surface area contributed by atoms with Gasteiger partial charge in [0.1, 0.15) is 0 Å². The summed E-state index contributed by atoms with van der Waals surface area (Å²) in [5, 5.41) is 3.82. The van der Waals surface area contributed by atoms with E-state index in [1.165, 1.54) is 24.8 Å². The molecule has 0 aliphatic heterocycles. The summed E-state index contributed by atoms with van der Waals surface area (Å²) in [6.07, 6.45) is 8.03. The molecule has 1 heterocycles. The monoisotopic (exact) mass is 244 g/mol. The third-order valence-electron chi connectivity index (χ3n) is 5.50. The Bertz CT molecular complexity index is 421. The predicted molar refractivity (Wildman–Crippen MR) is 74.1 cm³/mol. The van der Waals surface area contributed by atoms with Crippen molar-refractivity contribution in [3.05, 3.63) is 30.1 Å². The van der Waals surface area contributed by atoms with Crippen LogP contribution in [0, 0.1) is 16.7 Å². The maximum atomic E-state index is 4.19. The summed E-state index contributed by atoms with van der Waals surface area (Å²) in [6, 6.07) is 4.82. The molecule has 1 aromatic heterocycles. The third-order valence-corrected chi connectivity index (χ3v) is 5.50. The van der Waals surface area contributed by atoms with Crippen molar-refractivity contribution in [3.8, 4) is 0 Å². The molecular formula is C16H24N2. The van der Waals surface area contributed by atoms with Crippen molar-refractivity contribution in [2.45, 2.75) is 52.6 Å². The molecule has 1 aromatic rings. The van der Waals surface area contributed by atoms with Gasteiger partial charge in [0.25, 0.3) is 0 Å². The maximum Gasteiger partial charge on any atom is 0.0312 e. The highest BCUT2D eigenvalue weighted by molar-refractivity contribution is 5.14. The van der Waals surface area contributed by atoms with E-state index in [4.69, 9.17) is 0 Å². The summed E-state index contributed by atoms with van der Waals surface area (Å²) < 4.78 is 0. The first-order valence-corrected chi connectivity index (χ1v) is 7.15.